The minimum atomic E-state index is -1.01. The van der Waals surface area contributed by atoms with E-state index in [-0.39, 0.29) is 40.0 Å². The van der Waals surface area contributed by atoms with Gasteiger partial charge in [0.25, 0.3) is 0 Å². The number of aliphatic imine (C=N–C) groups is 1. The van der Waals surface area contributed by atoms with Gasteiger partial charge < -0.3 is 21.5 Å². The van der Waals surface area contributed by atoms with E-state index in [4.69, 9.17) is 21.5 Å². The molecule has 2 heterocycles. The molecule has 0 bridgehead atoms. The van der Waals surface area contributed by atoms with Crippen LogP contribution in [0.25, 0.3) is 0 Å². The third-order valence-electron chi connectivity index (χ3n) is 3.94. The minimum absolute atomic E-state index is 0.0198. The molecule has 1 aromatic heterocycles. The van der Waals surface area contributed by atoms with Crippen LogP contribution in [-0.4, -0.2) is 18.1 Å². The molecular formula is C16H12BrFN8O. The third kappa shape index (κ3) is 2.94. The molecule has 6 N–H and O–H groups in total. The predicted molar refractivity (Wildman–Crippen MR) is 100 cm³/mol. The molecule has 0 amide bonds. The van der Waals surface area contributed by atoms with Gasteiger partial charge in [0.15, 0.2) is 6.19 Å². The number of hydrogen-bond acceptors (Lipinski definition) is 9. The number of nitrogens with zero attached hydrogens (tertiary/aromatic N) is 4. The fraction of sp³-hybridized carbons (Fsp3) is 0.125. The molecule has 0 spiro atoms. The molecule has 1 atom stereocenters. The zero-order valence-electron chi connectivity index (χ0n) is 13.8. The number of nitrogens with two attached hydrogens (primary N) is 2. The number of rotatable bonds is 2. The Morgan fingerprint density at radius 1 is 1.33 bits per heavy atom. The zero-order chi connectivity index (χ0) is 19.7. The standard InChI is InChI=1S/C16H12BrFN8O/c1-27-8-3-2-7(18)9(11(8)17)13-10-12(21)6(4-19)14(22)25-15(10)26-16(24-13)23-5-20/h2-3,13H,1H3,(H6,21,22,23,24,25,26). The van der Waals surface area contributed by atoms with Crippen molar-refractivity contribution in [2.24, 2.45) is 4.99 Å². The number of nitrogen functional groups attached to an aromatic ring is 2. The van der Waals surface area contributed by atoms with E-state index in [0.717, 1.165) is 0 Å². The van der Waals surface area contributed by atoms with Gasteiger partial charge in [-0.05, 0) is 28.1 Å². The molecule has 1 aliphatic heterocycles. The average molecular weight is 431 g/mol. The molecule has 0 aliphatic carbocycles. The van der Waals surface area contributed by atoms with Crippen LogP contribution in [-0.2, 0) is 0 Å². The Hall–Kier alpha value is -3.57. The number of nitriles is 2. The van der Waals surface area contributed by atoms with Gasteiger partial charge in [0.1, 0.15) is 40.9 Å². The van der Waals surface area contributed by atoms with Crippen LogP contribution < -0.4 is 26.8 Å². The van der Waals surface area contributed by atoms with Gasteiger partial charge in [0.2, 0.25) is 5.96 Å². The summed E-state index contributed by atoms with van der Waals surface area (Å²) in [7, 11) is 1.44. The van der Waals surface area contributed by atoms with Crippen LogP contribution in [0.4, 0.5) is 21.7 Å². The Morgan fingerprint density at radius 2 is 2.07 bits per heavy atom. The van der Waals surface area contributed by atoms with E-state index in [0.29, 0.717) is 10.2 Å². The first kappa shape index (κ1) is 18.2. The molecule has 1 unspecified atom stereocenters. The lowest BCUT2D eigenvalue weighted by atomic mass is 9.94. The number of halogens is 2. The van der Waals surface area contributed by atoms with E-state index < -0.39 is 11.9 Å². The SMILES string of the molecule is COc1ccc(F)c(C2N=C(NC#N)Nc3nc(N)c(C#N)c(N)c32)c1Br. The van der Waals surface area contributed by atoms with Gasteiger partial charge in [-0.25, -0.2) is 14.4 Å². The molecule has 136 valence electrons. The highest BCUT2D eigenvalue weighted by molar-refractivity contribution is 9.10. The number of nitrogens with one attached hydrogen (secondary N) is 2. The number of methoxy groups -OCH3 is 1. The molecule has 1 aromatic carbocycles. The number of aromatic nitrogens is 1. The summed E-state index contributed by atoms with van der Waals surface area (Å²) in [5.74, 6) is -0.117. The first-order valence-corrected chi connectivity index (χ1v) is 8.22. The molecule has 1 aliphatic rings. The van der Waals surface area contributed by atoms with Crippen LogP contribution in [0.2, 0.25) is 0 Å². The fourth-order valence-corrected chi connectivity index (χ4v) is 3.45. The Bertz CT molecular complexity index is 1060. The van der Waals surface area contributed by atoms with Crippen LogP contribution in [0, 0.1) is 28.6 Å². The number of benzene rings is 1. The van der Waals surface area contributed by atoms with Crippen molar-refractivity contribution in [1.82, 2.24) is 10.3 Å². The maximum absolute atomic E-state index is 14.7. The van der Waals surface area contributed by atoms with Gasteiger partial charge >= 0.3 is 0 Å². The smallest absolute Gasteiger partial charge is 0.211 e. The molecule has 3 rings (SSSR count). The van der Waals surface area contributed by atoms with Crippen molar-refractivity contribution in [3.8, 4) is 18.0 Å². The second-order valence-electron chi connectivity index (χ2n) is 5.38. The lowest BCUT2D eigenvalue weighted by Gasteiger charge is -2.27. The monoisotopic (exact) mass is 430 g/mol. The van der Waals surface area contributed by atoms with Gasteiger partial charge in [-0.3, -0.25) is 5.32 Å². The molecule has 0 saturated heterocycles. The van der Waals surface area contributed by atoms with E-state index in [1.807, 2.05) is 6.07 Å². The number of ether oxygens (including phenoxy) is 1. The lowest BCUT2D eigenvalue weighted by molar-refractivity contribution is 0.409. The summed E-state index contributed by atoms with van der Waals surface area (Å²) in [6.45, 7) is 0. The predicted octanol–water partition coefficient (Wildman–Crippen LogP) is 1.97. The Kier molecular flexibility index (Phi) is 4.71. The molecule has 2 aromatic rings. The molecule has 0 fully saturated rings. The van der Waals surface area contributed by atoms with Crippen LogP contribution in [0.15, 0.2) is 21.6 Å². The van der Waals surface area contributed by atoms with Crippen molar-refractivity contribution in [1.29, 1.82) is 10.5 Å². The summed E-state index contributed by atoms with van der Waals surface area (Å²) < 4.78 is 20.3. The quantitative estimate of drug-likeness (QED) is 0.415. The highest BCUT2D eigenvalue weighted by Gasteiger charge is 2.33. The average Bonchev–Trinajstić information content (AvgIpc) is 2.62. The molecule has 11 heteroatoms. The summed E-state index contributed by atoms with van der Waals surface area (Å²) in [5, 5.41) is 23.3. The van der Waals surface area contributed by atoms with E-state index in [1.54, 1.807) is 6.19 Å². The van der Waals surface area contributed by atoms with Crippen LogP contribution in [0.1, 0.15) is 22.7 Å². The largest absolute Gasteiger partial charge is 0.496 e. The van der Waals surface area contributed by atoms with Crippen LogP contribution in [0.5, 0.6) is 5.75 Å². The zero-order valence-corrected chi connectivity index (χ0v) is 15.4. The van der Waals surface area contributed by atoms with Gasteiger partial charge in [-0.2, -0.15) is 10.5 Å². The molecular weight excluding hydrogens is 419 g/mol. The van der Waals surface area contributed by atoms with Gasteiger partial charge in [0.05, 0.1) is 17.3 Å². The minimum Gasteiger partial charge on any atom is -0.496 e. The number of fused-ring (bicyclic) bond motifs is 1. The van der Waals surface area contributed by atoms with Gasteiger partial charge in [-0.15, -0.1) is 0 Å². The summed E-state index contributed by atoms with van der Waals surface area (Å²) >= 11 is 3.32. The Balaban J connectivity index is 2.34. The number of pyridine rings is 1. The van der Waals surface area contributed by atoms with Crippen molar-refractivity contribution in [3.05, 3.63) is 39.1 Å². The van der Waals surface area contributed by atoms with E-state index in [1.165, 1.54) is 19.2 Å². The molecule has 0 saturated carbocycles. The fourth-order valence-electron chi connectivity index (χ4n) is 2.75. The van der Waals surface area contributed by atoms with Crippen molar-refractivity contribution in [2.75, 3.05) is 23.9 Å². The molecule has 0 radical (unpaired) electrons. The van der Waals surface area contributed by atoms with Gasteiger partial charge in [-0.1, -0.05) is 0 Å². The lowest BCUT2D eigenvalue weighted by Crippen LogP contribution is -2.33. The van der Waals surface area contributed by atoms with E-state index in [9.17, 15) is 9.65 Å². The number of anilines is 3. The van der Waals surface area contributed by atoms with Crippen molar-refractivity contribution in [2.45, 2.75) is 6.04 Å². The van der Waals surface area contributed by atoms with Gasteiger partial charge in [0, 0.05) is 11.1 Å². The second-order valence-corrected chi connectivity index (χ2v) is 6.17. The maximum Gasteiger partial charge on any atom is 0.211 e. The highest BCUT2D eigenvalue weighted by atomic mass is 79.9. The first-order chi connectivity index (χ1) is 12.9. The molecule has 27 heavy (non-hydrogen) atoms. The highest BCUT2D eigenvalue weighted by Crippen LogP contribution is 2.45. The maximum atomic E-state index is 14.7. The molecule has 9 nitrogen and oxygen atoms in total. The first-order valence-electron chi connectivity index (χ1n) is 7.43. The summed E-state index contributed by atoms with van der Waals surface area (Å²) in [4.78, 5) is 8.44. The van der Waals surface area contributed by atoms with Crippen LogP contribution in [0.3, 0.4) is 0 Å². The summed E-state index contributed by atoms with van der Waals surface area (Å²) in [6, 6.07) is 3.55. The van der Waals surface area contributed by atoms with Crippen molar-refractivity contribution >= 4 is 39.2 Å². The second kappa shape index (κ2) is 6.97. The number of hydrogen-bond donors (Lipinski definition) is 4. The van der Waals surface area contributed by atoms with Crippen molar-refractivity contribution < 1.29 is 9.13 Å². The number of guanidine groups is 1. The summed E-state index contributed by atoms with van der Waals surface area (Å²) in [6.07, 6.45) is 1.73. The van der Waals surface area contributed by atoms with Crippen molar-refractivity contribution in [3.63, 3.8) is 0 Å². The Morgan fingerprint density at radius 3 is 2.70 bits per heavy atom. The van der Waals surface area contributed by atoms with E-state index in [2.05, 4.69) is 36.5 Å². The van der Waals surface area contributed by atoms with E-state index >= 15 is 0 Å². The van der Waals surface area contributed by atoms with Crippen LogP contribution >= 0.6 is 15.9 Å². The summed E-state index contributed by atoms with van der Waals surface area (Å²) in [5.41, 5.74) is 12.3. The third-order valence-corrected chi connectivity index (χ3v) is 4.76. The normalized spacial score (nSPS) is 14.9. The topological polar surface area (TPSA) is 158 Å². The Labute approximate surface area is 161 Å².